The molecule has 6 nitrogen and oxygen atoms in total. The van der Waals surface area contributed by atoms with Gasteiger partial charge in [-0.2, -0.15) is 0 Å². The van der Waals surface area contributed by atoms with Gasteiger partial charge in [0.05, 0.1) is 19.3 Å². The number of hydrogen-bond donors (Lipinski definition) is 1. The Kier molecular flexibility index (Phi) is 7.85. The fourth-order valence-electron chi connectivity index (χ4n) is 2.65. The molecule has 1 amide bonds. The molecule has 4 rings (SSSR count). The molecule has 1 saturated heterocycles. The molecule has 0 bridgehead atoms. The van der Waals surface area contributed by atoms with Crippen molar-refractivity contribution in [3.63, 3.8) is 0 Å². The number of nitrogens with one attached hydrogen (secondary N) is 1. The van der Waals surface area contributed by atoms with Crippen molar-refractivity contribution < 1.29 is 19.0 Å². The van der Waals surface area contributed by atoms with E-state index >= 15 is 0 Å². The zero-order valence-electron chi connectivity index (χ0n) is 16.7. The highest BCUT2D eigenvalue weighted by atomic mass is 16.6. The SMILES string of the molecule is C(=N\c1ccccc1)/c1ccccc1.COc1ccccc1OCC1CNC(=O)O1. The highest BCUT2D eigenvalue weighted by Gasteiger charge is 2.23. The number of carbonyl (C=O) groups is 1. The minimum atomic E-state index is -0.395. The second-order valence-electron chi connectivity index (χ2n) is 6.37. The maximum absolute atomic E-state index is 10.8. The van der Waals surface area contributed by atoms with E-state index in [0.717, 1.165) is 11.3 Å². The predicted molar refractivity (Wildman–Crippen MR) is 117 cm³/mol. The molecule has 1 N–H and O–H groups in total. The van der Waals surface area contributed by atoms with Crippen LogP contribution in [-0.4, -0.2) is 38.7 Å². The van der Waals surface area contributed by atoms with Gasteiger partial charge in [0.2, 0.25) is 0 Å². The molecule has 30 heavy (non-hydrogen) atoms. The quantitative estimate of drug-likeness (QED) is 0.609. The number of rotatable bonds is 6. The van der Waals surface area contributed by atoms with Gasteiger partial charge in [0, 0.05) is 6.21 Å². The molecule has 154 valence electrons. The first-order valence-electron chi connectivity index (χ1n) is 9.59. The average molecular weight is 404 g/mol. The van der Waals surface area contributed by atoms with Crippen LogP contribution in [0, 0.1) is 0 Å². The number of amides is 1. The predicted octanol–water partition coefficient (Wildman–Crippen LogP) is 4.62. The number of para-hydroxylation sites is 3. The number of cyclic esters (lactones) is 1. The minimum Gasteiger partial charge on any atom is -0.493 e. The van der Waals surface area contributed by atoms with Gasteiger partial charge < -0.3 is 19.5 Å². The van der Waals surface area contributed by atoms with Gasteiger partial charge in [-0.25, -0.2) is 4.79 Å². The third-order valence-electron chi connectivity index (χ3n) is 4.16. The number of carbonyl (C=O) groups excluding carboxylic acids is 1. The number of ether oxygens (including phenoxy) is 3. The lowest BCUT2D eigenvalue weighted by Crippen LogP contribution is -2.22. The van der Waals surface area contributed by atoms with Crippen LogP contribution >= 0.6 is 0 Å². The van der Waals surface area contributed by atoms with Crippen LogP contribution in [0.5, 0.6) is 11.5 Å². The molecule has 0 spiro atoms. The van der Waals surface area contributed by atoms with Crippen molar-refractivity contribution in [1.29, 1.82) is 0 Å². The highest BCUT2D eigenvalue weighted by Crippen LogP contribution is 2.26. The first kappa shape index (κ1) is 20.9. The van der Waals surface area contributed by atoms with Gasteiger partial charge in [0.25, 0.3) is 0 Å². The van der Waals surface area contributed by atoms with Gasteiger partial charge in [0.1, 0.15) is 6.61 Å². The van der Waals surface area contributed by atoms with Crippen LogP contribution in [-0.2, 0) is 4.74 Å². The summed E-state index contributed by atoms with van der Waals surface area (Å²) in [6.07, 6.45) is 1.24. The van der Waals surface area contributed by atoms with E-state index in [9.17, 15) is 4.79 Å². The molecule has 1 unspecified atom stereocenters. The lowest BCUT2D eigenvalue weighted by atomic mass is 10.2. The highest BCUT2D eigenvalue weighted by molar-refractivity contribution is 5.81. The molecule has 1 atom stereocenters. The van der Waals surface area contributed by atoms with Gasteiger partial charge in [0.15, 0.2) is 17.6 Å². The Morgan fingerprint density at radius 2 is 1.60 bits per heavy atom. The minimum absolute atomic E-state index is 0.239. The smallest absolute Gasteiger partial charge is 0.407 e. The Morgan fingerprint density at radius 3 is 2.23 bits per heavy atom. The van der Waals surface area contributed by atoms with E-state index in [4.69, 9.17) is 14.2 Å². The average Bonchev–Trinajstić information content (AvgIpc) is 3.23. The zero-order chi connectivity index (χ0) is 21.0. The molecule has 6 heteroatoms. The van der Waals surface area contributed by atoms with Crippen molar-refractivity contribution >= 4 is 18.0 Å². The second-order valence-corrected chi connectivity index (χ2v) is 6.37. The van der Waals surface area contributed by atoms with Gasteiger partial charge in [-0.3, -0.25) is 4.99 Å². The Labute approximate surface area is 176 Å². The third kappa shape index (κ3) is 6.67. The number of nitrogens with zero attached hydrogens (tertiary/aromatic N) is 1. The van der Waals surface area contributed by atoms with E-state index in [1.165, 1.54) is 0 Å². The largest absolute Gasteiger partial charge is 0.493 e. The third-order valence-corrected chi connectivity index (χ3v) is 4.16. The Hall–Kier alpha value is -3.80. The van der Waals surface area contributed by atoms with Crippen LogP contribution in [0.15, 0.2) is 89.9 Å². The number of aliphatic imine (C=N–C) groups is 1. The molecule has 0 radical (unpaired) electrons. The summed E-state index contributed by atoms with van der Waals surface area (Å²) in [7, 11) is 1.58. The molecule has 3 aromatic rings. The van der Waals surface area contributed by atoms with E-state index in [-0.39, 0.29) is 6.10 Å². The Balaban J connectivity index is 0.000000172. The van der Waals surface area contributed by atoms with Gasteiger partial charge in [-0.15, -0.1) is 0 Å². The molecular formula is C24H24N2O4. The van der Waals surface area contributed by atoms with Crippen molar-refractivity contribution in [1.82, 2.24) is 5.32 Å². The number of alkyl carbamates (subject to hydrolysis) is 1. The normalized spacial score (nSPS) is 15.0. The van der Waals surface area contributed by atoms with E-state index in [1.807, 2.05) is 91.1 Å². The maximum atomic E-state index is 10.8. The second kappa shape index (κ2) is 11.3. The standard InChI is InChI=1S/C13H11N.C11H13NO4/c1-3-7-12(8-4-1)11-14-13-9-5-2-6-10-13;1-14-9-4-2-3-5-10(9)15-7-8-6-12-11(13)16-8/h1-11H;2-5,8H,6-7H2,1H3,(H,12,13)/b14-11+;. The summed E-state index contributed by atoms with van der Waals surface area (Å²) in [5.74, 6) is 1.31. The van der Waals surface area contributed by atoms with E-state index in [0.29, 0.717) is 24.7 Å². The summed E-state index contributed by atoms with van der Waals surface area (Å²) in [6.45, 7) is 0.799. The molecule has 0 saturated carbocycles. The topological polar surface area (TPSA) is 69.2 Å². The Morgan fingerprint density at radius 1 is 0.967 bits per heavy atom. The molecule has 1 aliphatic heterocycles. The lowest BCUT2D eigenvalue weighted by molar-refractivity contribution is 0.103. The number of hydrogen-bond acceptors (Lipinski definition) is 5. The lowest BCUT2D eigenvalue weighted by Gasteiger charge is -2.12. The van der Waals surface area contributed by atoms with E-state index in [1.54, 1.807) is 7.11 Å². The van der Waals surface area contributed by atoms with Crippen LogP contribution in [0.2, 0.25) is 0 Å². The maximum Gasteiger partial charge on any atom is 0.407 e. The van der Waals surface area contributed by atoms with Gasteiger partial charge >= 0.3 is 6.09 Å². The van der Waals surface area contributed by atoms with Crippen molar-refractivity contribution in [2.75, 3.05) is 20.3 Å². The number of benzene rings is 3. The summed E-state index contributed by atoms with van der Waals surface area (Å²) >= 11 is 0. The molecule has 0 aliphatic carbocycles. The monoisotopic (exact) mass is 404 g/mol. The molecule has 1 fully saturated rings. The summed E-state index contributed by atoms with van der Waals surface area (Å²) in [5.41, 5.74) is 2.10. The number of methoxy groups -OCH3 is 1. The van der Waals surface area contributed by atoms with Crippen molar-refractivity contribution in [2.24, 2.45) is 4.99 Å². The van der Waals surface area contributed by atoms with Crippen LogP contribution in [0.25, 0.3) is 0 Å². The van der Waals surface area contributed by atoms with Gasteiger partial charge in [-0.1, -0.05) is 60.7 Å². The molecular weight excluding hydrogens is 380 g/mol. The summed E-state index contributed by atoms with van der Waals surface area (Å²) in [6, 6.07) is 27.4. The first-order chi connectivity index (χ1) is 14.7. The fourth-order valence-corrected chi connectivity index (χ4v) is 2.65. The molecule has 0 aromatic heterocycles. The Bertz CT molecular complexity index is 904. The van der Waals surface area contributed by atoms with Crippen molar-refractivity contribution in [3.8, 4) is 11.5 Å². The summed E-state index contributed by atoms with van der Waals surface area (Å²) in [4.78, 5) is 15.1. The van der Waals surface area contributed by atoms with Crippen molar-refractivity contribution in [3.05, 3.63) is 90.5 Å². The van der Waals surface area contributed by atoms with Gasteiger partial charge in [-0.05, 0) is 29.8 Å². The summed E-state index contributed by atoms with van der Waals surface area (Å²) in [5, 5.41) is 2.56. The van der Waals surface area contributed by atoms with Crippen LogP contribution < -0.4 is 14.8 Å². The van der Waals surface area contributed by atoms with E-state index < -0.39 is 6.09 Å². The van der Waals surface area contributed by atoms with Crippen LogP contribution in [0.3, 0.4) is 0 Å². The molecule has 3 aromatic carbocycles. The first-order valence-corrected chi connectivity index (χ1v) is 9.59. The van der Waals surface area contributed by atoms with Crippen molar-refractivity contribution in [2.45, 2.75) is 6.10 Å². The van der Waals surface area contributed by atoms with E-state index in [2.05, 4.69) is 10.3 Å². The molecule has 1 aliphatic rings. The fraction of sp³-hybridized carbons (Fsp3) is 0.167. The summed E-state index contributed by atoms with van der Waals surface area (Å²) < 4.78 is 15.6. The molecule has 1 heterocycles. The van der Waals surface area contributed by atoms with Crippen LogP contribution in [0.4, 0.5) is 10.5 Å². The zero-order valence-corrected chi connectivity index (χ0v) is 16.7. The van der Waals surface area contributed by atoms with Crippen LogP contribution in [0.1, 0.15) is 5.56 Å².